The molecule has 5 heteroatoms. The molecule has 0 unspecified atom stereocenters. The zero-order chi connectivity index (χ0) is 10.7. The van der Waals surface area contributed by atoms with Crippen molar-refractivity contribution in [3.8, 4) is 0 Å². The summed E-state index contributed by atoms with van der Waals surface area (Å²) in [6, 6.07) is 1.91. The highest BCUT2D eigenvalue weighted by atomic mass is 35.5. The predicted octanol–water partition coefficient (Wildman–Crippen LogP) is 2.50. The first-order valence-corrected chi connectivity index (χ1v) is 4.42. The van der Waals surface area contributed by atoms with Crippen LogP contribution >= 0.6 is 11.6 Å². The van der Waals surface area contributed by atoms with Crippen molar-refractivity contribution < 1.29 is 8.78 Å². The molecule has 0 saturated heterocycles. The van der Waals surface area contributed by atoms with Gasteiger partial charge in [0, 0.05) is 17.7 Å². The summed E-state index contributed by atoms with van der Waals surface area (Å²) in [5, 5.41) is 0. The normalized spacial score (nSPS) is 11.9. The highest BCUT2D eigenvalue weighted by Gasteiger charge is 2.06. The minimum absolute atomic E-state index is 0.0254. The van der Waals surface area contributed by atoms with Gasteiger partial charge in [-0.3, -0.25) is 0 Å². The summed E-state index contributed by atoms with van der Waals surface area (Å²) in [4.78, 5) is 3.78. The van der Waals surface area contributed by atoms with E-state index in [1.807, 2.05) is 0 Å². The number of benzene rings is 1. The molecule has 0 aliphatic carbocycles. The summed E-state index contributed by atoms with van der Waals surface area (Å²) in [5.41, 5.74) is 5.76. The van der Waals surface area contributed by atoms with E-state index in [-0.39, 0.29) is 23.0 Å². The topological polar surface area (TPSA) is 38.4 Å². The summed E-state index contributed by atoms with van der Waals surface area (Å²) in [5.74, 6) is -1.18. The summed E-state index contributed by atoms with van der Waals surface area (Å²) in [7, 11) is 0. The van der Waals surface area contributed by atoms with Crippen molar-refractivity contribution >= 4 is 23.1 Å². The van der Waals surface area contributed by atoms with Gasteiger partial charge in [0.1, 0.15) is 17.5 Å². The van der Waals surface area contributed by atoms with Crippen LogP contribution in [0.15, 0.2) is 17.1 Å². The summed E-state index contributed by atoms with van der Waals surface area (Å²) in [6.07, 6.45) is 0. The third kappa shape index (κ3) is 2.42. The highest BCUT2D eigenvalue weighted by molar-refractivity contribution is 6.28. The monoisotopic (exact) mass is 218 g/mol. The molecule has 76 valence electrons. The maximum Gasteiger partial charge on any atom is 0.131 e. The van der Waals surface area contributed by atoms with Crippen LogP contribution < -0.4 is 5.73 Å². The van der Waals surface area contributed by atoms with Gasteiger partial charge in [0.2, 0.25) is 0 Å². The lowest BCUT2D eigenvalue weighted by atomic mass is 10.2. The van der Waals surface area contributed by atoms with Crippen LogP contribution in [0.3, 0.4) is 0 Å². The largest absolute Gasteiger partial charge is 0.386 e. The Hall–Kier alpha value is -1.16. The number of nitrogens with zero attached hydrogens (tertiary/aromatic N) is 1. The smallest absolute Gasteiger partial charge is 0.131 e. The average Bonchev–Trinajstić information content (AvgIpc) is 2.13. The number of rotatable bonds is 2. The van der Waals surface area contributed by atoms with E-state index in [9.17, 15) is 8.78 Å². The fourth-order valence-electron chi connectivity index (χ4n) is 0.933. The lowest BCUT2D eigenvalue weighted by Gasteiger charge is -2.02. The minimum Gasteiger partial charge on any atom is -0.386 e. The number of nitrogens with two attached hydrogens (primary N) is 1. The van der Waals surface area contributed by atoms with E-state index in [0.717, 1.165) is 12.1 Å². The van der Waals surface area contributed by atoms with Crippen LogP contribution in [0.25, 0.3) is 0 Å². The van der Waals surface area contributed by atoms with Crippen molar-refractivity contribution in [3.63, 3.8) is 0 Å². The van der Waals surface area contributed by atoms with Crippen LogP contribution in [-0.4, -0.2) is 11.7 Å². The van der Waals surface area contributed by atoms with Crippen molar-refractivity contribution in [1.29, 1.82) is 0 Å². The lowest BCUT2D eigenvalue weighted by molar-refractivity contribution is 0.578. The summed E-state index contributed by atoms with van der Waals surface area (Å²) in [6.45, 7) is 1.50. The van der Waals surface area contributed by atoms with E-state index in [0.29, 0.717) is 0 Å². The standard InChI is InChI=1S/C9H9ClF2N2/c1-5-7(12)2-6(11)3-8(5)14-9(13)4-10/h2-3H,4H2,1H3,(H2,13,14). The average molecular weight is 219 g/mol. The van der Waals surface area contributed by atoms with E-state index < -0.39 is 11.6 Å². The van der Waals surface area contributed by atoms with E-state index in [1.165, 1.54) is 6.92 Å². The molecule has 0 aromatic heterocycles. The second-order valence-electron chi connectivity index (χ2n) is 2.77. The zero-order valence-corrected chi connectivity index (χ0v) is 8.28. The second-order valence-corrected chi connectivity index (χ2v) is 3.04. The van der Waals surface area contributed by atoms with Crippen LogP contribution in [0, 0.1) is 18.6 Å². The van der Waals surface area contributed by atoms with E-state index >= 15 is 0 Å². The molecule has 0 heterocycles. The van der Waals surface area contributed by atoms with Crippen LogP contribution in [0.2, 0.25) is 0 Å². The van der Waals surface area contributed by atoms with Crippen molar-refractivity contribution in [3.05, 3.63) is 29.3 Å². The number of halogens is 3. The molecule has 0 bridgehead atoms. The minimum atomic E-state index is -0.686. The Morgan fingerprint density at radius 2 is 2.14 bits per heavy atom. The Balaban J connectivity index is 3.21. The summed E-state index contributed by atoms with van der Waals surface area (Å²) < 4.78 is 25.8. The SMILES string of the molecule is Cc1c(F)cc(F)cc1N=C(N)CCl. The van der Waals surface area contributed by atoms with Gasteiger partial charge in [0.25, 0.3) is 0 Å². The molecular formula is C9H9ClF2N2. The van der Waals surface area contributed by atoms with Gasteiger partial charge < -0.3 is 5.73 Å². The van der Waals surface area contributed by atoms with Crippen molar-refractivity contribution in [2.24, 2.45) is 10.7 Å². The first-order chi connectivity index (χ1) is 6.54. The maximum atomic E-state index is 13.0. The molecule has 14 heavy (non-hydrogen) atoms. The zero-order valence-electron chi connectivity index (χ0n) is 7.52. The third-order valence-electron chi connectivity index (χ3n) is 1.68. The first kappa shape index (κ1) is 10.9. The van der Waals surface area contributed by atoms with Gasteiger partial charge in [-0.15, -0.1) is 11.6 Å². The molecule has 0 spiro atoms. The third-order valence-corrected chi connectivity index (χ3v) is 1.96. The molecule has 0 saturated carbocycles. The van der Waals surface area contributed by atoms with Crippen molar-refractivity contribution in [2.45, 2.75) is 6.92 Å². The molecule has 0 aliphatic rings. The number of alkyl halides is 1. The number of hydrogen-bond acceptors (Lipinski definition) is 1. The fourth-order valence-corrected chi connectivity index (χ4v) is 0.993. The van der Waals surface area contributed by atoms with Crippen LogP contribution in [0.1, 0.15) is 5.56 Å². The first-order valence-electron chi connectivity index (χ1n) is 3.89. The molecule has 0 amide bonds. The Bertz CT molecular complexity index is 377. The molecular weight excluding hydrogens is 210 g/mol. The molecule has 1 aromatic rings. The second kappa shape index (κ2) is 4.37. The van der Waals surface area contributed by atoms with E-state index in [1.54, 1.807) is 0 Å². The van der Waals surface area contributed by atoms with Gasteiger partial charge in [-0.1, -0.05) is 0 Å². The number of hydrogen-bond donors (Lipinski definition) is 1. The van der Waals surface area contributed by atoms with Gasteiger partial charge in [-0.05, 0) is 6.92 Å². The Morgan fingerprint density at radius 3 is 2.71 bits per heavy atom. The predicted molar refractivity (Wildman–Crippen MR) is 53.1 cm³/mol. The van der Waals surface area contributed by atoms with E-state index in [2.05, 4.69) is 4.99 Å². The van der Waals surface area contributed by atoms with Crippen molar-refractivity contribution in [1.82, 2.24) is 0 Å². The van der Waals surface area contributed by atoms with Gasteiger partial charge in [-0.25, -0.2) is 13.8 Å². The molecule has 0 fully saturated rings. The molecule has 1 rings (SSSR count). The van der Waals surface area contributed by atoms with Gasteiger partial charge in [0.05, 0.1) is 11.6 Å². The Labute approximate surface area is 85.4 Å². The van der Waals surface area contributed by atoms with Crippen LogP contribution in [-0.2, 0) is 0 Å². The van der Waals surface area contributed by atoms with Gasteiger partial charge in [0.15, 0.2) is 0 Å². The van der Waals surface area contributed by atoms with Crippen molar-refractivity contribution in [2.75, 3.05) is 5.88 Å². The van der Waals surface area contributed by atoms with E-state index in [4.69, 9.17) is 17.3 Å². The van der Waals surface area contributed by atoms with Gasteiger partial charge >= 0.3 is 0 Å². The quantitative estimate of drug-likeness (QED) is 0.462. The highest BCUT2D eigenvalue weighted by Crippen LogP contribution is 2.22. The van der Waals surface area contributed by atoms with Gasteiger partial charge in [-0.2, -0.15) is 0 Å². The Morgan fingerprint density at radius 1 is 1.50 bits per heavy atom. The molecule has 2 N–H and O–H groups in total. The van der Waals surface area contributed by atoms with Crippen LogP contribution in [0.5, 0.6) is 0 Å². The number of aliphatic imine (C=N–C) groups is 1. The maximum absolute atomic E-state index is 13.0. The lowest BCUT2D eigenvalue weighted by Crippen LogP contribution is -2.12. The fraction of sp³-hybridized carbons (Fsp3) is 0.222. The molecule has 0 radical (unpaired) electrons. The molecule has 1 aromatic carbocycles. The van der Waals surface area contributed by atoms with Crippen LogP contribution in [0.4, 0.5) is 14.5 Å². The molecule has 0 aliphatic heterocycles. The number of amidine groups is 1. The molecule has 0 atom stereocenters. The Kier molecular flexibility index (Phi) is 3.41. The summed E-state index contributed by atoms with van der Waals surface area (Å²) >= 11 is 5.39. The molecule has 2 nitrogen and oxygen atoms in total.